The molecule has 0 bridgehead atoms. The van der Waals surface area contributed by atoms with Gasteiger partial charge in [0, 0.05) is 32.0 Å². The average Bonchev–Trinajstić information content (AvgIpc) is 3.35. The number of aliphatic hydroxyl groups excluding tert-OH is 1. The van der Waals surface area contributed by atoms with Crippen LogP contribution < -0.4 is 14.2 Å². The minimum Gasteiger partial charge on any atom is -0.479 e. The average molecular weight is 583 g/mol. The first-order valence-corrected chi connectivity index (χ1v) is 14.2. The van der Waals surface area contributed by atoms with Crippen molar-refractivity contribution in [2.24, 2.45) is 5.92 Å². The third-order valence-electron chi connectivity index (χ3n) is 6.83. The predicted molar refractivity (Wildman–Crippen MR) is 141 cm³/mol. The van der Waals surface area contributed by atoms with E-state index >= 15 is 0 Å². The zero-order valence-electron chi connectivity index (χ0n) is 22.0. The van der Waals surface area contributed by atoms with Gasteiger partial charge in [-0.2, -0.15) is 9.97 Å². The van der Waals surface area contributed by atoms with Gasteiger partial charge >= 0.3 is 0 Å². The van der Waals surface area contributed by atoms with Crippen molar-refractivity contribution in [2.75, 3.05) is 32.7 Å². The summed E-state index contributed by atoms with van der Waals surface area (Å²) in [5, 5.41) is 17.8. The maximum atomic E-state index is 13.7. The number of aromatic nitrogens is 7. The summed E-state index contributed by atoms with van der Waals surface area (Å²) in [5.74, 6) is 0.387. The number of sulfonamides is 1. The zero-order valence-corrected chi connectivity index (χ0v) is 23.6. The second-order valence-corrected chi connectivity index (χ2v) is 11.5. The Balaban J connectivity index is 1.81. The van der Waals surface area contributed by atoms with Crippen molar-refractivity contribution in [1.82, 2.24) is 34.7 Å². The second kappa shape index (κ2) is 12.4. The predicted octanol–water partition coefficient (Wildman–Crippen LogP) is 2.30. The number of hydrogen-bond donors (Lipinski definition) is 2. The van der Waals surface area contributed by atoms with Crippen LogP contribution in [0.4, 0.5) is 5.95 Å². The van der Waals surface area contributed by atoms with Gasteiger partial charge in [0.15, 0.2) is 11.5 Å². The smallest absolute Gasteiger partial charge is 0.245 e. The van der Waals surface area contributed by atoms with Crippen molar-refractivity contribution < 1.29 is 27.7 Å². The van der Waals surface area contributed by atoms with Gasteiger partial charge in [0.1, 0.15) is 23.5 Å². The summed E-state index contributed by atoms with van der Waals surface area (Å²) in [6.07, 6.45) is 6.39. The summed E-state index contributed by atoms with van der Waals surface area (Å²) in [4.78, 5) is 16.6. The van der Waals surface area contributed by atoms with E-state index in [1.54, 1.807) is 0 Å². The van der Waals surface area contributed by atoms with E-state index in [-0.39, 0.29) is 47.7 Å². The molecule has 3 aromatic heterocycles. The molecular formula is C23H31ClN8O6S. The van der Waals surface area contributed by atoms with Crippen LogP contribution >= 0.6 is 11.6 Å². The number of aliphatic hydroxyl groups is 1. The topological polar surface area (TPSA) is 176 Å². The molecule has 0 aromatic carbocycles. The number of nitrogens with one attached hydrogen (secondary N) is 1. The number of methoxy groups -OCH3 is 3. The maximum absolute atomic E-state index is 13.7. The maximum Gasteiger partial charge on any atom is 0.245 e. The molecule has 2 unspecified atom stereocenters. The molecule has 16 heteroatoms. The molecule has 0 radical (unpaired) electrons. The van der Waals surface area contributed by atoms with Gasteiger partial charge in [-0.3, -0.25) is 9.29 Å². The van der Waals surface area contributed by atoms with Crippen LogP contribution in [0.3, 0.4) is 0 Å². The molecule has 1 fully saturated rings. The summed E-state index contributed by atoms with van der Waals surface area (Å²) < 4.78 is 47.8. The number of hydrogen-bond acceptors (Lipinski definition) is 12. The molecule has 2 N–H and O–H groups in total. The second-order valence-electron chi connectivity index (χ2n) is 9.06. The fraction of sp³-hybridized carbons (Fsp3) is 0.565. The lowest BCUT2D eigenvalue weighted by molar-refractivity contribution is 0.0950. The minimum absolute atomic E-state index is 0.0498. The molecular weight excluding hydrogens is 552 g/mol. The van der Waals surface area contributed by atoms with Crippen LogP contribution in [0.25, 0.3) is 5.69 Å². The molecule has 212 valence electrons. The van der Waals surface area contributed by atoms with Gasteiger partial charge < -0.3 is 19.3 Å². The highest BCUT2D eigenvalue weighted by Crippen LogP contribution is 2.41. The largest absolute Gasteiger partial charge is 0.479 e. The summed E-state index contributed by atoms with van der Waals surface area (Å²) in [7, 11) is 0.0418. The first-order chi connectivity index (χ1) is 18.7. The van der Waals surface area contributed by atoms with Crippen molar-refractivity contribution in [1.29, 1.82) is 0 Å². The van der Waals surface area contributed by atoms with Gasteiger partial charge in [-0.05, 0) is 25.7 Å². The van der Waals surface area contributed by atoms with E-state index < -0.39 is 21.4 Å². The molecule has 0 amide bonds. The van der Waals surface area contributed by atoms with Crippen molar-refractivity contribution in [3.8, 4) is 17.4 Å². The quantitative estimate of drug-likeness (QED) is 0.338. The molecule has 4 atom stereocenters. The highest BCUT2D eigenvalue weighted by molar-refractivity contribution is 7.93. The van der Waals surface area contributed by atoms with Crippen LogP contribution in [0.15, 0.2) is 18.7 Å². The first kappa shape index (κ1) is 28.9. The first-order valence-electron chi connectivity index (χ1n) is 12.3. The van der Waals surface area contributed by atoms with Crippen LogP contribution in [-0.4, -0.2) is 81.4 Å². The highest BCUT2D eigenvalue weighted by atomic mass is 35.5. The normalized spacial score (nSPS) is 19.3. The van der Waals surface area contributed by atoms with Gasteiger partial charge in [-0.15, -0.1) is 10.2 Å². The van der Waals surface area contributed by atoms with E-state index in [1.807, 2.05) is 0 Å². The van der Waals surface area contributed by atoms with Crippen molar-refractivity contribution in [3.63, 3.8) is 0 Å². The lowest BCUT2D eigenvalue weighted by atomic mass is 9.79. The van der Waals surface area contributed by atoms with Crippen LogP contribution in [0.5, 0.6) is 11.8 Å². The van der Waals surface area contributed by atoms with Crippen molar-refractivity contribution in [2.45, 2.75) is 49.9 Å². The Morgan fingerprint density at radius 3 is 2.31 bits per heavy atom. The highest BCUT2D eigenvalue weighted by Gasteiger charge is 2.37. The van der Waals surface area contributed by atoms with Crippen LogP contribution in [-0.2, 0) is 14.8 Å². The van der Waals surface area contributed by atoms with Crippen LogP contribution in [0.1, 0.15) is 56.3 Å². The number of halogens is 1. The minimum atomic E-state index is -4.17. The summed E-state index contributed by atoms with van der Waals surface area (Å²) >= 11 is 5.89. The van der Waals surface area contributed by atoms with Gasteiger partial charge in [-0.25, -0.2) is 18.4 Å². The molecule has 1 aliphatic rings. The van der Waals surface area contributed by atoms with E-state index in [0.29, 0.717) is 10.8 Å². The monoisotopic (exact) mass is 582 g/mol. The molecule has 3 heterocycles. The molecule has 1 aliphatic carbocycles. The van der Waals surface area contributed by atoms with E-state index in [1.165, 1.54) is 51.5 Å². The lowest BCUT2D eigenvalue weighted by Crippen LogP contribution is -2.33. The Morgan fingerprint density at radius 1 is 1.08 bits per heavy atom. The molecule has 14 nitrogen and oxygen atoms in total. The Hall–Kier alpha value is -3.14. The fourth-order valence-electron chi connectivity index (χ4n) is 4.79. The third kappa shape index (κ3) is 5.90. The van der Waals surface area contributed by atoms with E-state index in [0.717, 1.165) is 25.7 Å². The lowest BCUT2D eigenvalue weighted by Gasteiger charge is -2.30. The fourth-order valence-corrected chi connectivity index (χ4v) is 6.01. The molecule has 0 spiro atoms. The van der Waals surface area contributed by atoms with Crippen LogP contribution in [0.2, 0.25) is 5.02 Å². The summed E-state index contributed by atoms with van der Waals surface area (Å²) in [5.41, 5.74) is 0.222. The van der Waals surface area contributed by atoms with Crippen molar-refractivity contribution in [3.05, 3.63) is 35.4 Å². The van der Waals surface area contributed by atoms with E-state index in [4.69, 9.17) is 25.8 Å². The summed E-state index contributed by atoms with van der Waals surface area (Å²) in [6, 6.07) is 0. The Morgan fingerprint density at radius 2 is 1.72 bits per heavy atom. The van der Waals surface area contributed by atoms with Gasteiger partial charge in [0.05, 0.1) is 19.2 Å². The molecule has 3 aromatic rings. The summed E-state index contributed by atoms with van der Waals surface area (Å²) in [6.45, 7) is 1.41. The number of ether oxygens (including phenoxy) is 3. The Labute approximate surface area is 231 Å². The molecule has 4 rings (SSSR count). The van der Waals surface area contributed by atoms with Gasteiger partial charge in [0.25, 0.3) is 0 Å². The SMILES string of the molecule is COc1ncnc(OC)c1-n1c(NS(=O)(=O)[C@@H](C)[C@H](OC)c2ncc(Cl)cn2)nnc1C1CCCCC1CO. The molecule has 0 aliphatic heterocycles. The molecule has 39 heavy (non-hydrogen) atoms. The molecule has 1 saturated carbocycles. The Bertz CT molecular complexity index is 1350. The van der Waals surface area contributed by atoms with Crippen LogP contribution in [0, 0.1) is 5.92 Å². The molecule has 0 saturated heterocycles. The van der Waals surface area contributed by atoms with Gasteiger partial charge in [-0.1, -0.05) is 24.4 Å². The van der Waals surface area contributed by atoms with E-state index in [9.17, 15) is 13.5 Å². The number of rotatable bonds is 11. The zero-order chi connectivity index (χ0) is 28.2. The standard InChI is InChI=1S/C23H31ClN8O6S/c1-13(18(36-2)19-25-9-15(24)10-26-19)39(34,35)31-23-30-29-20(16-8-6-5-7-14(16)11-33)32(23)17-21(37-3)27-12-28-22(17)38-4/h9-10,12-14,16,18,33H,5-8,11H2,1-4H3,(H,30,31)/t13-,14?,16?,18-/m0/s1. The van der Waals surface area contributed by atoms with E-state index in [2.05, 4.69) is 34.9 Å². The van der Waals surface area contributed by atoms with Crippen molar-refractivity contribution >= 4 is 27.6 Å². The third-order valence-corrected chi connectivity index (χ3v) is 8.72. The van der Waals surface area contributed by atoms with Gasteiger partial charge in [0.2, 0.25) is 27.7 Å². The Kier molecular flexibility index (Phi) is 9.15. The number of nitrogens with zero attached hydrogens (tertiary/aromatic N) is 7. The number of anilines is 1.